The molecule has 2 aromatic carbocycles. The molecule has 0 aliphatic carbocycles. The van der Waals surface area contributed by atoms with Gasteiger partial charge in [0.05, 0.1) is 0 Å². The number of halogens is 1. The lowest BCUT2D eigenvalue weighted by molar-refractivity contribution is -0.132. The number of hydrogen-bond donors (Lipinski definition) is 0. The topological polar surface area (TPSA) is 46.6 Å². The molecule has 1 saturated heterocycles. The summed E-state index contributed by atoms with van der Waals surface area (Å²) >= 11 is 0. The summed E-state index contributed by atoms with van der Waals surface area (Å²) in [4.78, 5) is 26.3. The number of piperidine rings is 1. The Bertz CT molecular complexity index is 839. The molecule has 1 amide bonds. The largest absolute Gasteiger partial charge is 0.490 e. The van der Waals surface area contributed by atoms with Crippen LogP contribution < -0.4 is 4.74 Å². The summed E-state index contributed by atoms with van der Waals surface area (Å²) in [5.41, 5.74) is 2.88. The maximum Gasteiger partial charge on any atom is 0.223 e. The Balaban J connectivity index is 1.43. The van der Waals surface area contributed by atoms with Crippen LogP contribution in [0.4, 0.5) is 4.39 Å². The van der Waals surface area contributed by atoms with Crippen LogP contribution in [0.1, 0.15) is 47.2 Å². The first-order valence-corrected chi connectivity index (χ1v) is 9.73. The molecule has 0 saturated carbocycles. The highest BCUT2D eigenvalue weighted by Crippen LogP contribution is 2.22. The molecule has 2 aromatic rings. The first-order chi connectivity index (χ1) is 13.4. The van der Waals surface area contributed by atoms with Crippen LogP contribution in [0.5, 0.6) is 5.75 Å². The number of carbonyl (C=O) groups is 2. The highest BCUT2D eigenvalue weighted by molar-refractivity contribution is 5.97. The van der Waals surface area contributed by atoms with Crippen LogP contribution in [0.2, 0.25) is 0 Å². The number of hydrogen-bond acceptors (Lipinski definition) is 3. The van der Waals surface area contributed by atoms with E-state index in [9.17, 15) is 14.0 Å². The maximum absolute atomic E-state index is 12.9. The predicted molar refractivity (Wildman–Crippen MR) is 106 cm³/mol. The second kappa shape index (κ2) is 9.00. The molecular formula is C23H26FNO3. The van der Waals surface area contributed by atoms with E-state index in [0.717, 1.165) is 18.6 Å². The molecule has 28 heavy (non-hydrogen) atoms. The van der Waals surface area contributed by atoms with Crippen molar-refractivity contribution in [2.45, 2.75) is 45.6 Å². The number of nitrogens with zero attached hydrogens (tertiary/aromatic N) is 1. The van der Waals surface area contributed by atoms with Gasteiger partial charge in [-0.2, -0.15) is 0 Å². The Labute approximate surface area is 165 Å². The molecule has 0 radical (unpaired) electrons. The van der Waals surface area contributed by atoms with Crippen molar-refractivity contribution in [1.29, 1.82) is 0 Å². The third-order valence-electron chi connectivity index (χ3n) is 5.31. The van der Waals surface area contributed by atoms with E-state index in [1.165, 1.54) is 35.4 Å². The van der Waals surface area contributed by atoms with Crippen LogP contribution >= 0.6 is 0 Å². The molecule has 1 aliphatic heterocycles. The average Bonchev–Trinajstić information content (AvgIpc) is 2.70. The van der Waals surface area contributed by atoms with Crippen molar-refractivity contribution in [3.63, 3.8) is 0 Å². The van der Waals surface area contributed by atoms with Gasteiger partial charge in [0.25, 0.3) is 0 Å². The Hall–Kier alpha value is -2.69. The molecule has 0 bridgehead atoms. The van der Waals surface area contributed by atoms with Crippen LogP contribution in [0.3, 0.4) is 0 Å². The van der Waals surface area contributed by atoms with Gasteiger partial charge in [-0.3, -0.25) is 9.59 Å². The fraction of sp³-hybridized carbons (Fsp3) is 0.391. The second-order valence-corrected chi connectivity index (χ2v) is 7.37. The van der Waals surface area contributed by atoms with Crippen molar-refractivity contribution in [1.82, 2.24) is 4.90 Å². The van der Waals surface area contributed by atoms with Gasteiger partial charge in [-0.1, -0.05) is 6.07 Å². The molecule has 4 nitrogen and oxygen atoms in total. The van der Waals surface area contributed by atoms with Crippen molar-refractivity contribution in [3.05, 3.63) is 65.0 Å². The number of rotatable bonds is 6. The van der Waals surface area contributed by atoms with Gasteiger partial charge in [-0.25, -0.2) is 4.39 Å². The minimum Gasteiger partial charge on any atom is -0.490 e. The van der Waals surface area contributed by atoms with Crippen LogP contribution in [0.25, 0.3) is 0 Å². The van der Waals surface area contributed by atoms with Crippen molar-refractivity contribution in [2.75, 3.05) is 13.1 Å². The van der Waals surface area contributed by atoms with E-state index >= 15 is 0 Å². The smallest absolute Gasteiger partial charge is 0.223 e. The zero-order chi connectivity index (χ0) is 20.1. The number of amides is 1. The summed E-state index contributed by atoms with van der Waals surface area (Å²) in [7, 11) is 0. The second-order valence-electron chi connectivity index (χ2n) is 7.37. The highest BCUT2D eigenvalue weighted by Gasteiger charge is 2.24. The van der Waals surface area contributed by atoms with E-state index in [2.05, 4.69) is 19.9 Å². The third kappa shape index (κ3) is 5.18. The lowest BCUT2D eigenvalue weighted by atomic mass is 10.0. The van der Waals surface area contributed by atoms with E-state index in [1.807, 2.05) is 12.1 Å². The van der Waals surface area contributed by atoms with Gasteiger partial charge in [0.15, 0.2) is 5.78 Å². The SMILES string of the molecule is Cc1ccc(OC2CCN(C(=O)CCC(=O)c3ccc(F)cc3)CC2)cc1C. The number of aryl methyl sites for hydroxylation is 2. The average molecular weight is 383 g/mol. The Morgan fingerprint density at radius 2 is 1.68 bits per heavy atom. The zero-order valence-corrected chi connectivity index (χ0v) is 16.4. The minimum atomic E-state index is -0.376. The van der Waals surface area contributed by atoms with Gasteiger partial charge in [-0.15, -0.1) is 0 Å². The molecular weight excluding hydrogens is 357 g/mol. The summed E-state index contributed by atoms with van der Waals surface area (Å²) in [6.07, 6.45) is 1.99. The number of benzene rings is 2. The van der Waals surface area contributed by atoms with Crippen LogP contribution in [0, 0.1) is 19.7 Å². The minimum absolute atomic E-state index is 0.0138. The van der Waals surface area contributed by atoms with Gasteiger partial charge in [0.2, 0.25) is 5.91 Å². The van der Waals surface area contributed by atoms with E-state index in [1.54, 1.807) is 4.90 Å². The molecule has 0 aromatic heterocycles. The summed E-state index contributed by atoms with van der Waals surface area (Å²) in [6.45, 7) is 5.42. The molecule has 0 spiro atoms. The van der Waals surface area contributed by atoms with Crippen molar-refractivity contribution >= 4 is 11.7 Å². The fourth-order valence-electron chi connectivity index (χ4n) is 3.36. The fourth-order valence-corrected chi connectivity index (χ4v) is 3.36. The third-order valence-corrected chi connectivity index (χ3v) is 5.31. The quantitative estimate of drug-likeness (QED) is 0.691. The van der Waals surface area contributed by atoms with E-state index in [0.29, 0.717) is 18.7 Å². The normalized spacial score (nSPS) is 14.8. The molecule has 0 N–H and O–H groups in total. The Kier molecular flexibility index (Phi) is 6.45. The summed E-state index contributed by atoms with van der Waals surface area (Å²) in [6, 6.07) is 11.5. The Morgan fingerprint density at radius 1 is 1.00 bits per heavy atom. The first kappa shape index (κ1) is 20.1. The number of likely N-dealkylation sites (tertiary alicyclic amines) is 1. The van der Waals surface area contributed by atoms with Gasteiger partial charge >= 0.3 is 0 Å². The van der Waals surface area contributed by atoms with E-state index in [4.69, 9.17) is 4.74 Å². The predicted octanol–water partition coefficient (Wildman–Crippen LogP) is 4.48. The number of carbonyl (C=O) groups excluding carboxylic acids is 2. The lowest BCUT2D eigenvalue weighted by Gasteiger charge is -2.32. The van der Waals surface area contributed by atoms with Crippen molar-refractivity contribution < 1.29 is 18.7 Å². The molecule has 148 valence electrons. The lowest BCUT2D eigenvalue weighted by Crippen LogP contribution is -2.41. The van der Waals surface area contributed by atoms with Crippen molar-refractivity contribution in [3.8, 4) is 5.75 Å². The Morgan fingerprint density at radius 3 is 2.32 bits per heavy atom. The summed E-state index contributed by atoms with van der Waals surface area (Å²) in [5.74, 6) is 0.345. The highest BCUT2D eigenvalue weighted by atomic mass is 19.1. The molecule has 5 heteroatoms. The van der Waals surface area contributed by atoms with Gasteiger partial charge in [-0.05, 0) is 61.4 Å². The molecule has 0 unspecified atom stereocenters. The van der Waals surface area contributed by atoms with Crippen molar-refractivity contribution in [2.24, 2.45) is 0 Å². The summed E-state index contributed by atoms with van der Waals surface area (Å²) in [5, 5.41) is 0. The van der Waals surface area contributed by atoms with Crippen LogP contribution in [0.15, 0.2) is 42.5 Å². The van der Waals surface area contributed by atoms with Gasteiger partial charge in [0, 0.05) is 44.3 Å². The molecule has 0 atom stereocenters. The van der Waals surface area contributed by atoms with Crippen LogP contribution in [-0.2, 0) is 4.79 Å². The monoisotopic (exact) mass is 383 g/mol. The molecule has 1 fully saturated rings. The molecule has 1 aliphatic rings. The number of ketones is 1. The molecule has 3 rings (SSSR count). The standard InChI is InChI=1S/C23H26FNO3/c1-16-3-8-21(15-17(16)2)28-20-11-13-25(14-12-20)23(27)10-9-22(26)18-4-6-19(24)7-5-18/h3-8,15,20H,9-14H2,1-2H3. The maximum atomic E-state index is 12.9. The van der Waals surface area contributed by atoms with Gasteiger partial charge < -0.3 is 9.64 Å². The van der Waals surface area contributed by atoms with E-state index in [-0.39, 0.29) is 36.5 Å². The number of Topliss-reactive ketones (excluding diaryl/α,β-unsaturated/α-hetero) is 1. The first-order valence-electron chi connectivity index (χ1n) is 9.73. The van der Waals surface area contributed by atoms with Crippen LogP contribution in [-0.4, -0.2) is 35.8 Å². The van der Waals surface area contributed by atoms with Gasteiger partial charge in [0.1, 0.15) is 17.7 Å². The van der Waals surface area contributed by atoms with E-state index < -0.39 is 0 Å². The summed E-state index contributed by atoms with van der Waals surface area (Å²) < 4.78 is 19.0. The molecule has 1 heterocycles. The zero-order valence-electron chi connectivity index (χ0n) is 16.4. The number of ether oxygens (including phenoxy) is 1.